The van der Waals surface area contributed by atoms with Crippen LogP contribution in [-0.2, 0) is 16.0 Å². The Morgan fingerprint density at radius 1 is 0.960 bits per heavy atom. The Bertz CT molecular complexity index is 796. The fourth-order valence-corrected chi connectivity index (χ4v) is 2.60. The minimum Gasteiger partial charge on any atom is -0.336 e. The summed E-state index contributed by atoms with van der Waals surface area (Å²) in [5.41, 5.74) is 6.30. The topological polar surface area (TPSA) is 49.4 Å². The first-order valence-corrected chi connectivity index (χ1v) is 8.44. The van der Waals surface area contributed by atoms with E-state index in [0.29, 0.717) is 6.42 Å². The SMILES string of the molecule is Cc1ccc(CC(=O)N(C)CC(=O)Nc2cccc(C)c2C)cc1C. The van der Waals surface area contributed by atoms with Gasteiger partial charge in [-0.15, -0.1) is 0 Å². The summed E-state index contributed by atoms with van der Waals surface area (Å²) >= 11 is 0. The molecule has 0 heterocycles. The maximum absolute atomic E-state index is 12.4. The van der Waals surface area contributed by atoms with E-state index in [9.17, 15) is 9.59 Å². The number of nitrogens with one attached hydrogen (secondary N) is 1. The van der Waals surface area contributed by atoms with E-state index in [-0.39, 0.29) is 18.4 Å². The van der Waals surface area contributed by atoms with Gasteiger partial charge >= 0.3 is 0 Å². The van der Waals surface area contributed by atoms with Crippen molar-refractivity contribution < 1.29 is 9.59 Å². The molecule has 2 aromatic rings. The molecule has 0 aliphatic heterocycles. The van der Waals surface area contributed by atoms with Crippen molar-refractivity contribution in [2.45, 2.75) is 34.1 Å². The monoisotopic (exact) mass is 338 g/mol. The molecular weight excluding hydrogens is 312 g/mol. The second-order valence-corrected chi connectivity index (χ2v) is 6.64. The molecule has 0 aliphatic rings. The molecule has 0 spiro atoms. The molecule has 0 atom stereocenters. The zero-order valence-electron chi connectivity index (χ0n) is 15.6. The highest BCUT2D eigenvalue weighted by molar-refractivity contribution is 5.95. The summed E-state index contributed by atoms with van der Waals surface area (Å²) in [5.74, 6) is -0.260. The zero-order valence-corrected chi connectivity index (χ0v) is 15.6. The Morgan fingerprint density at radius 2 is 1.68 bits per heavy atom. The van der Waals surface area contributed by atoms with E-state index >= 15 is 0 Å². The predicted octanol–water partition coefficient (Wildman–Crippen LogP) is 3.56. The number of hydrogen-bond donors (Lipinski definition) is 1. The Kier molecular flexibility index (Phi) is 5.97. The Balaban J connectivity index is 1.94. The van der Waals surface area contributed by atoms with Crippen molar-refractivity contribution >= 4 is 17.5 Å². The second-order valence-electron chi connectivity index (χ2n) is 6.64. The van der Waals surface area contributed by atoms with Crippen molar-refractivity contribution in [2.75, 3.05) is 18.9 Å². The summed E-state index contributed by atoms with van der Waals surface area (Å²) in [5, 5.41) is 2.88. The minimum absolute atomic E-state index is 0.0387. The normalized spacial score (nSPS) is 10.4. The van der Waals surface area contributed by atoms with Gasteiger partial charge in [0, 0.05) is 12.7 Å². The molecule has 0 unspecified atom stereocenters. The molecule has 1 N–H and O–H groups in total. The maximum Gasteiger partial charge on any atom is 0.243 e. The van der Waals surface area contributed by atoms with Gasteiger partial charge in [-0.25, -0.2) is 0 Å². The van der Waals surface area contributed by atoms with Crippen LogP contribution in [0.3, 0.4) is 0 Å². The van der Waals surface area contributed by atoms with Crippen LogP contribution in [0.1, 0.15) is 27.8 Å². The first-order valence-electron chi connectivity index (χ1n) is 8.44. The maximum atomic E-state index is 12.4. The molecular formula is C21H26N2O2. The molecule has 2 amide bonds. The summed E-state index contributed by atoms with van der Waals surface area (Å²) in [6.45, 7) is 8.09. The van der Waals surface area contributed by atoms with Gasteiger partial charge in [-0.2, -0.15) is 0 Å². The van der Waals surface area contributed by atoms with E-state index in [1.54, 1.807) is 7.05 Å². The van der Waals surface area contributed by atoms with Crippen molar-refractivity contribution in [1.29, 1.82) is 0 Å². The minimum atomic E-state index is -0.190. The lowest BCUT2D eigenvalue weighted by Crippen LogP contribution is -2.36. The first-order chi connectivity index (χ1) is 11.8. The van der Waals surface area contributed by atoms with Crippen LogP contribution in [0.4, 0.5) is 5.69 Å². The van der Waals surface area contributed by atoms with E-state index in [4.69, 9.17) is 0 Å². The molecule has 4 nitrogen and oxygen atoms in total. The molecule has 0 aromatic heterocycles. The van der Waals surface area contributed by atoms with Crippen LogP contribution in [0.2, 0.25) is 0 Å². The fourth-order valence-electron chi connectivity index (χ4n) is 2.60. The molecule has 25 heavy (non-hydrogen) atoms. The van der Waals surface area contributed by atoms with Crippen molar-refractivity contribution in [2.24, 2.45) is 0 Å². The average molecular weight is 338 g/mol. The van der Waals surface area contributed by atoms with Gasteiger partial charge in [0.25, 0.3) is 0 Å². The number of likely N-dealkylation sites (N-methyl/N-ethyl adjacent to an activating group) is 1. The lowest BCUT2D eigenvalue weighted by molar-refractivity contribution is -0.132. The number of hydrogen-bond acceptors (Lipinski definition) is 2. The van der Waals surface area contributed by atoms with Gasteiger partial charge < -0.3 is 10.2 Å². The van der Waals surface area contributed by atoms with Gasteiger partial charge in [0.05, 0.1) is 13.0 Å². The number of carbonyl (C=O) groups is 2. The molecule has 0 radical (unpaired) electrons. The number of aryl methyl sites for hydroxylation is 3. The molecule has 0 bridgehead atoms. The standard InChI is InChI=1S/C21H26N2O2/c1-14-9-10-18(11-16(14)3)12-21(25)23(5)13-20(24)22-19-8-6-7-15(2)17(19)4/h6-11H,12-13H2,1-5H3,(H,22,24). The highest BCUT2D eigenvalue weighted by Gasteiger charge is 2.14. The quantitative estimate of drug-likeness (QED) is 0.906. The number of nitrogens with zero attached hydrogens (tertiary/aromatic N) is 1. The molecule has 2 rings (SSSR count). The second kappa shape index (κ2) is 7.97. The Labute approximate surface area is 149 Å². The average Bonchev–Trinajstić information content (AvgIpc) is 2.55. The lowest BCUT2D eigenvalue weighted by atomic mass is 10.0. The summed E-state index contributed by atoms with van der Waals surface area (Å²) in [7, 11) is 1.66. The summed E-state index contributed by atoms with van der Waals surface area (Å²) in [4.78, 5) is 26.1. The molecule has 0 saturated heterocycles. The molecule has 4 heteroatoms. The van der Waals surface area contributed by atoms with Crippen molar-refractivity contribution in [3.8, 4) is 0 Å². The molecule has 2 aromatic carbocycles. The Hall–Kier alpha value is -2.62. The van der Waals surface area contributed by atoms with E-state index < -0.39 is 0 Å². The van der Waals surface area contributed by atoms with Crippen molar-refractivity contribution in [3.05, 3.63) is 64.2 Å². The third kappa shape index (κ3) is 4.92. The van der Waals surface area contributed by atoms with Gasteiger partial charge in [-0.05, 0) is 61.6 Å². The van der Waals surface area contributed by atoms with Crippen LogP contribution < -0.4 is 5.32 Å². The van der Waals surface area contributed by atoms with E-state index in [1.807, 2.05) is 64.1 Å². The molecule has 0 fully saturated rings. The highest BCUT2D eigenvalue weighted by Crippen LogP contribution is 2.18. The van der Waals surface area contributed by atoms with E-state index in [2.05, 4.69) is 5.32 Å². The first kappa shape index (κ1) is 18.7. The Morgan fingerprint density at radius 3 is 2.36 bits per heavy atom. The van der Waals surface area contributed by atoms with Crippen LogP contribution in [0.15, 0.2) is 36.4 Å². The molecule has 132 valence electrons. The summed E-state index contributed by atoms with van der Waals surface area (Å²) < 4.78 is 0. The number of benzene rings is 2. The van der Waals surface area contributed by atoms with E-state index in [0.717, 1.165) is 22.4 Å². The van der Waals surface area contributed by atoms with Gasteiger partial charge in [0.15, 0.2) is 0 Å². The third-order valence-corrected chi connectivity index (χ3v) is 4.61. The number of anilines is 1. The highest BCUT2D eigenvalue weighted by atomic mass is 16.2. The number of rotatable bonds is 5. The van der Waals surface area contributed by atoms with Crippen LogP contribution in [0.5, 0.6) is 0 Å². The van der Waals surface area contributed by atoms with Crippen molar-refractivity contribution in [1.82, 2.24) is 4.90 Å². The zero-order chi connectivity index (χ0) is 18.6. The number of carbonyl (C=O) groups excluding carboxylic acids is 2. The van der Waals surface area contributed by atoms with Gasteiger partial charge in [0.1, 0.15) is 0 Å². The summed E-state index contributed by atoms with van der Waals surface area (Å²) in [6.07, 6.45) is 0.300. The molecule has 0 saturated carbocycles. The van der Waals surface area contributed by atoms with Crippen LogP contribution in [-0.4, -0.2) is 30.3 Å². The smallest absolute Gasteiger partial charge is 0.243 e. The van der Waals surface area contributed by atoms with E-state index in [1.165, 1.54) is 16.0 Å². The third-order valence-electron chi connectivity index (χ3n) is 4.61. The number of amides is 2. The van der Waals surface area contributed by atoms with Crippen LogP contribution in [0, 0.1) is 27.7 Å². The van der Waals surface area contributed by atoms with Crippen molar-refractivity contribution in [3.63, 3.8) is 0 Å². The van der Waals surface area contributed by atoms with Gasteiger partial charge in [0.2, 0.25) is 11.8 Å². The molecule has 0 aliphatic carbocycles. The van der Waals surface area contributed by atoms with Gasteiger partial charge in [-0.3, -0.25) is 9.59 Å². The largest absolute Gasteiger partial charge is 0.336 e. The van der Waals surface area contributed by atoms with Gasteiger partial charge in [-0.1, -0.05) is 30.3 Å². The van der Waals surface area contributed by atoms with Crippen LogP contribution >= 0.6 is 0 Å². The summed E-state index contributed by atoms with van der Waals surface area (Å²) in [6, 6.07) is 11.8. The lowest BCUT2D eigenvalue weighted by Gasteiger charge is -2.18. The fraction of sp³-hybridized carbons (Fsp3) is 0.333. The predicted molar refractivity (Wildman–Crippen MR) is 102 cm³/mol. The van der Waals surface area contributed by atoms with Crippen LogP contribution in [0.25, 0.3) is 0 Å².